The summed E-state index contributed by atoms with van der Waals surface area (Å²) in [7, 11) is 1.55. The van der Waals surface area contributed by atoms with E-state index < -0.39 is 0 Å². The quantitative estimate of drug-likeness (QED) is 0.469. The van der Waals surface area contributed by atoms with Crippen LogP contribution in [0, 0.1) is 0 Å². The van der Waals surface area contributed by atoms with Crippen LogP contribution in [0.3, 0.4) is 0 Å². The van der Waals surface area contributed by atoms with Crippen LogP contribution in [-0.4, -0.2) is 37.8 Å². The number of amides is 1. The van der Waals surface area contributed by atoms with Crippen molar-refractivity contribution >= 4 is 44.2 Å². The predicted molar refractivity (Wildman–Crippen MR) is 119 cm³/mol. The molecule has 0 radical (unpaired) electrons. The van der Waals surface area contributed by atoms with Gasteiger partial charge in [-0.25, -0.2) is 4.98 Å². The summed E-state index contributed by atoms with van der Waals surface area (Å²) in [6.45, 7) is 6.91. The molecule has 1 N–H and O–H groups in total. The van der Waals surface area contributed by atoms with Gasteiger partial charge >= 0.3 is 0 Å². The molecule has 0 aliphatic heterocycles. The Bertz CT molecular complexity index is 1030. The summed E-state index contributed by atoms with van der Waals surface area (Å²) in [6.07, 6.45) is 0. The maximum Gasteiger partial charge on any atom is 0.257 e. The Morgan fingerprint density at radius 3 is 2.20 bits per heavy atom. The Morgan fingerprint density at radius 1 is 1.00 bits per heavy atom. The molecule has 0 unspecified atom stereocenters. The summed E-state index contributed by atoms with van der Waals surface area (Å²) >= 11 is 7.49. The normalized spacial score (nSPS) is 10.7. The summed E-state index contributed by atoms with van der Waals surface area (Å²) in [5.74, 6) is 1.61. The SMILES string of the molecule is CCOc1cc(C(=O)Nc2nc3cc(Cl)c(OC)cc3s2)cc(OCC)c1OCC. The van der Waals surface area contributed by atoms with Gasteiger partial charge in [-0.1, -0.05) is 22.9 Å². The van der Waals surface area contributed by atoms with Crippen LogP contribution >= 0.6 is 22.9 Å². The predicted octanol–water partition coefficient (Wildman–Crippen LogP) is 5.41. The third-order valence-electron chi connectivity index (χ3n) is 4.05. The monoisotopic (exact) mass is 450 g/mol. The van der Waals surface area contributed by atoms with Gasteiger partial charge in [0.05, 0.1) is 42.2 Å². The average molecular weight is 451 g/mol. The van der Waals surface area contributed by atoms with Crippen LogP contribution < -0.4 is 24.3 Å². The summed E-state index contributed by atoms with van der Waals surface area (Å²) in [6, 6.07) is 6.78. The lowest BCUT2D eigenvalue weighted by Gasteiger charge is -2.16. The maximum absolute atomic E-state index is 12.9. The Kier molecular flexibility index (Phi) is 7.23. The van der Waals surface area contributed by atoms with Gasteiger partial charge in [0, 0.05) is 11.6 Å². The van der Waals surface area contributed by atoms with E-state index >= 15 is 0 Å². The molecule has 0 aliphatic carbocycles. The minimum atomic E-state index is -0.336. The molecule has 30 heavy (non-hydrogen) atoms. The first-order valence-corrected chi connectivity index (χ1v) is 10.7. The van der Waals surface area contributed by atoms with E-state index in [1.54, 1.807) is 31.4 Å². The number of fused-ring (bicyclic) bond motifs is 1. The van der Waals surface area contributed by atoms with Crippen LogP contribution in [0.5, 0.6) is 23.0 Å². The summed E-state index contributed by atoms with van der Waals surface area (Å²) in [4.78, 5) is 17.4. The molecular formula is C21H23ClN2O5S. The van der Waals surface area contributed by atoms with Gasteiger partial charge in [0.25, 0.3) is 5.91 Å². The lowest BCUT2D eigenvalue weighted by molar-refractivity contribution is 0.102. The molecule has 160 valence electrons. The van der Waals surface area contributed by atoms with Crippen molar-refractivity contribution in [1.29, 1.82) is 0 Å². The molecule has 0 atom stereocenters. The van der Waals surface area contributed by atoms with Gasteiger partial charge in [-0.15, -0.1) is 0 Å². The maximum atomic E-state index is 12.9. The molecule has 1 amide bonds. The number of hydrogen-bond acceptors (Lipinski definition) is 7. The van der Waals surface area contributed by atoms with Crippen molar-refractivity contribution in [3.8, 4) is 23.0 Å². The minimum absolute atomic E-state index is 0.336. The number of benzene rings is 2. The first-order valence-electron chi connectivity index (χ1n) is 9.52. The molecule has 0 spiro atoms. The third-order valence-corrected chi connectivity index (χ3v) is 5.28. The number of ether oxygens (including phenoxy) is 4. The van der Waals surface area contributed by atoms with E-state index in [2.05, 4.69) is 10.3 Å². The molecule has 7 nitrogen and oxygen atoms in total. The topological polar surface area (TPSA) is 78.9 Å². The Labute approximate surface area is 183 Å². The van der Waals surface area contributed by atoms with Gasteiger partial charge in [-0.2, -0.15) is 0 Å². The van der Waals surface area contributed by atoms with Gasteiger partial charge < -0.3 is 18.9 Å². The second kappa shape index (κ2) is 9.86. The van der Waals surface area contributed by atoms with E-state index in [9.17, 15) is 4.79 Å². The van der Waals surface area contributed by atoms with Crippen LogP contribution in [0.2, 0.25) is 5.02 Å². The van der Waals surface area contributed by atoms with Gasteiger partial charge in [0.2, 0.25) is 5.75 Å². The lowest BCUT2D eigenvalue weighted by atomic mass is 10.1. The third kappa shape index (κ3) is 4.71. The molecule has 2 aromatic carbocycles. The van der Waals surface area contributed by atoms with E-state index in [1.807, 2.05) is 20.8 Å². The highest BCUT2D eigenvalue weighted by Gasteiger charge is 2.19. The highest BCUT2D eigenvalue weighted by Crippen LogP contribution is 2.40. The van der Waals surface area contributed by atoms with Gasteiger partial charge in [0.15, 0.2) is 16.6 Å². The Morgan fingerprint density at radius 2 is 1.63 bits per heavy atom. The molecule has 0 saturated heterocycles. The van der Waals surface area contributed by atoms with Gasteiger partial charge in [-0.3, -0.25) is 10.1 Å². The number of halogens is 1. The summed E-state index contributed by atoms with van der Waals surface area (Å²) in [5, 5.41) is 3.74. The standard InChI is InChI=1S/C21H23ClN2O5S/c1-5-27-16-8-12(9-17(28-6-2)19(16)29-7-3)20(25)24-21-23-14-10-13(22)15(26-4)11-18(14)30-21/h8-11H,5-7H2,1-4H3,(H,23,24,25). The average Bonchev–Trinajstić information content (AvgIpc) is 3.10. The lowest BCUT2D eigenvalue weighted by Crippen LogP contribution is -2.13. The van der Waals surface area contributed by atoms with Crippen LogP contribution in [-0.2, 0) is 0 Å². The number of rotatable bonds is 9. The van der Waals surface area contributed by atoms with E-state index in [4.69, 9.17) is 30.5 Å². The zero-order valence-electron chi connectivity index (χ0n) is 17.2. The molecule has 9 heteroatoms. The number of methoxy groups -OCH3 is 1. The van der Waals surface area contributed by atoms with Crippen molar-refractivity contribution in [2.75, 3.05) is 32.2 Å². The number of nitrogens with zero attached hydrogens (tertiary/aromatic N) is 1. The van der Waals surface area contributed by atoms with E-state index in [1.165, 1.54) is 11.3 Å². The van der Waals surface area contributed by atoms with Crippen molar-refractivity contribution in [1.82, 2.24) is 4.98 Å². The van der Waals surface area contributed by atoms with Crippen LogP contribution in [0.4, 0.5) is 5.13 Å². The molecule has 0 saturated carbocycles. The van der Waals surface area contributed by atoms with Crippen LogP contribution in [0.25, 0.3) is 10.2 Å². The minimum Gasteiger partial charge on any atom is -0.495 e. The number of thiazole rings is 1. The second-order valence-corrected chi connectivity index (χ2v) is 7.47. The number of anilines is 1. The molecule has 0 aliphatic rings. The van der Waals surface area contributed by atoms with Crippen molar-refractivity contribution < 1.29 is 23.7 Å². The molecule has 1 aromatic heterocycles. The Hall–Kier alpha value is -2.71. The zero-order chi connectivity index (χ0) is 21.7. The zero-order valence-corrected chi connectivity index (χ0v) is 18.8. The number of carbonyl (C=O) groups excluding carboxylic acids is 1. The Balaban J connectivity index is 1.93. The first-order chi connectivity index (χ1) is 14.5. The largest absolute Gasteiger partial charge is 0.495 e. The van der Waals surface area contributed by atoms with Crippen molar-refractivity contribution in [2.24, 2.45) is 0 Å². The molecule has 3 rings (SSSR count). The fourth-order valence-corrected chi connectivity index (χ4v) is 3.93. The van der Waals surface area contributed by atoms with Crippen molar-refractivity contribution in [3.05, 3.63) is 34.9 Å². The molecular weight excluding hydrogens is 428 g/mol. The highest BCUT2D eigenvalue weighted by molar-refractivity contribution is 7.22. The van der Waals surface area contributed by atoms with Gasteiger partial charge in [-0.05, 0) is 39.0 Å². The number of carbonyl (C=O) groups is 1. The van der Waals surface area contributed by atoms with Crippen molar-refractivity contribution in [2.45, 2.75) is 20.8 Å². The first kappa shape index (κ1) is 22.0. The highest BCUT2D eigenvalue weighted by atomic mass is 35.5. The fourth-order valence-electron chi connectivity index (χ4n) is 2.83. The number of nitrogens with one attached hydrogen (secondary N) is 1. The molecule has 1 heterocycles. The van der Waals surface area contributed by atoms with Crippen LogP contribution in [0.1, 0.15) is 31.1 Å². The molecule has 3 aromatic rings. The smallest absolute Gasteiger partial charge is 0.257 e. The van der Waals surface area contributed by atoms with Crippen molar-refractivity contribution in [3.63, 3.8) is 0 Å². The second-order valence-electron chi connectivity index (χ2n) is 6.03. The summed E-state index contributed by atoms with van der Waals surface area (Å²) in [5.41, 5.74) is 1.05. The number of hydrogen-bond donors (Lipinski definition) is 1. The summed E-state index contributed by atoms with van der Waals surface area (Å²) < 4.78 is 23.1. The van der Waals surface area contributed by atoms with Crippen LogP contribution in [0.15, 0.2) is 24.3 Å². The molecule has 0 bridgehead atoms. The van der Waals surface area contributed by atoms with E-state index in [0.717, 1.165) is 4.70 Å². The van der Waals surface area contributed by atoms with Gasteiger partial charge in [0.1, 0.15) is 5.75 Å². The van der Waals surface area contributed by atoms with E-state index in [0.29, 0.717) is 64.1 Å². The van der Waals surface area contributed by atoms with E-state index in [-0.39, 0.29) is 5.91 Å². The number of aromatic nitrogens is 1. The fraction of sp³-hybridized carbons (Fsp3) is 0.333. The molecule has 0 fully saturated rings.